The number of nitrogens with one attached hydrogen (secondary N) is 1. The number of fused-ring (bicyclic) bond motifs is 2. The van der Waals surface area contributed by atoms with Crippen LogP contribution in [0.2, 0.25) is 0 Å². The summed E-state index contributed by atoms with van der Waals surface area (Å²) < 4.78 is 0. The minimum atomic E-state index is -0.00984. The van der Waals surface area contributed by atoms with Crippen LogP contribution in [0.3, 0.4) is 0 Å². The minimum absolute atomic E-state index is 0.00984. The van der Waals surface area contributed by atoms with E-state index in [1.54, 1.807) is 0 Å². The number of hydrogen-bond acceptors (Lipinski definition) is 2. The van der Waals surface area contributed by atoms with Crippen LogP contribution in [-0.4, -0.2) is 29.1 Å². The van der Waals surface area contributed by atoms with Crippen LogP contribution in [0.15, 0.2) is 0 Å². The van der Waals surface area contributed by atoms with Crippen molar-refractivity contribution < 1.29 is 4.79 Å². The lowest BCUT2D eigenvalue weighted by molar-refractivity contribution is -0.121. The Bertz CT molecular complexity index is 354. The number of nitrogens with zero attached hydrogens (tertiary/aromatic N) is 1. The van der Waals surface area contributed by atoms with Crippen molar-refractivity contribution in [3.63, 3.8) is 0 Å². The molecule has 1 amide bonds. The third-order valence-corrected chi connectivity index (χ3v) is 5.46. The number of carbonyl (C=O) groups is 1. The lowest BCUT2D eigenvalue weighted by atomic mass is 9.69. The van der Waals surface area contributed by atoms with Gasteiger partial charge in [-0.05, 0) is 43.4 Å². The maximum Gasteiger partial charge on any atom is 0.238 e. The molecule has 3 rings (SSSR count). The average Bonchev–Trinajstić information content (AvgIpc) is 2.84. The van der Waals surface area contributed by atoms with Crippen LogP contribution >= 0.6 is 0 Å². The molecule has 3 nitrogen and oxygen atoms in total. The van der Waals surface area contributed by atoms with E-state index in [0.717, 1.165) is 25.3 Å². The molecule has 0 radical (unpaired) electrons. The fourth-order valence-electron chi connectivity index (χ4n) is 4.73. The van der Waals surface area contributed by atoms with E-state index >= 15 is 0 Å². The molecule has 3 aliphatic rings. The standard InChI is InChI=1S/C15H26N2O/c1-10(2)12-7-6-11(3)9-15(12)16-14(18)13-5-4-8-17(13)15/h10-13H,4-9H2,1-3H3,(H,16,18). The zero-order chi connectivity index (χ0) is 12.9. The molecule has 2 aliphatic heterocycles. The van der Waals surface area contributed by atoms with E-state index in [1.165, 1.54) is 19.3 Å². The summed E-state index contributed by atoms with van der Waals surface area (Å²) in [5, 5.41) is 3.42. The smallest absolute Gasteiger partial charge is 0.238 e. The van der Waals surface area contributed by atoms with Crippen molar-refractivity contribution in [2.24, 2.45) is 17.8 Å². The predicted octanol–water partition coefficient (Wildman–Crippen LogP) is 2.37. The van der Waals surface area contributed by atoms with Crippen LogP contribution in [-0.2, 0) is 4.79 Å². The normalized spacial score (nSPS) is 44.7. The highest BCUT2D eigenvalue weighted by molar-refractivity contribution is 5.85. The summed E-state index contributed by atoms with van der Waals surface area (Å²) in [4.78, 5) is 14.8. The van der Waals surface area contributed by atoms with Gasteiger partial charge < -0.3 is 5.32 Å². The molecule has 0 bridgehead atoms. The summed E-state index contributed by atoms with van der Waals surface area (Å²) in [5.74, 6) is 2.31. The van der Waals surface area contributed by atoms with E-state index in [2.05, 4.69) is 31.0 Å². The molecule has 0 aromatic rings. The van der Waals surface area contributed by atoms with Gasteiger partial charge in [-0.15, -0.1) is 0 Å². The molecule has 1 N–H and O–H groups in total. The molecule has 4 atom stereocenters. The van der Waals surface area contributed by atoms with Crippen molar-refractivity contribution in [1.82, 2.24) is 10.2 Å². The zero-order valence-corrected chi connectivity index (χ0v) is 11.9. The molecule has 2 heterocycles. The first kappa shape index (κ1) is 12.5. The summed E-state index contributed by atoms with van der Waals surface area (Å²) in [6, 6.07) is 0.177. The van der Waals surface area contributed by atoms with Gasteiger partial charge >= 0.3 is 0 Å². The van der Waals surface area contributed by atoms with E-state index in [4.69, 9.17) is 0 Å². The number of rotatable bonds is 1. The van der Waals surface area contributed by atoms with E-state index in [1.807, 2.05) is 0 Å². The van der Waals surface area contributed by atoms with Crippen LogP contribution in [0.5, 0.6) is 0 Å². The van der Waals surface area contributed by atoms with Gasteiger partial charge in [-0.3, -0.25) is 9.69 Å². The Balaban J connectivity index is 1.96. The fourth-order valence-corrected chi connectivity index (χ4v) is 4.73. The molecule has 4 unspecified atom stereocenters. The summed E-state index contributed by atoms with van der Waals surface area (Å²) in [7, 11) is 0. The third kappa shape index (κ3) is 1.63. The van der Waals surface area contributed by atoms with Crippen molar-refractivity contribution in [3.8, 4) is 0 Å². The molecule has 3 heteroatoms. The lowest BCUT2D eigenvalue weighted by Crippen LogP contribution is -2.61. The largest absolute Gasteiger partial charge is 0.336 e. The Kier molecular flexibility index (Phi) is 2.92. The summed E-state index contributed by atoms with van der Waals surface area (Å²) >= 11 is 0. The van der Waals surface area contributed by atoms with Gasteiger partial charge in [-0.2, -0.15) is 0 Å². The van der Waals surface area contributed by atoms with Gasteiger partial charge in [0, 0.05) is 6.54 Å². The fraction of sp³-hybridized carbons (Fsp3) is 0.933. The van der Waals surface area contributed by atoms with Gasteiger partial charge in [0.2, 0.25) is 5.91 Å². The third-order valence-electron chi connectivity index (χ3n) is 5.46. The Hall–Kier alpha value is -0.570. The molecule has 1 saturated carbocycles. The molecule has 1 aliphatic carbocycles. The van der Waals surface area contributed by atoms with E-state index in [0.29, 0.717) is 17.7 Å². The van der Waals surface area contributed by atoms with Crippen LogP contribution in [0.1, 0.15) is 52.9 Å². The first-order chi connectivity index (χ1) is 8.54. The molecule has 0 aromatic heterocycles. The second-order valence-corrected chi connectivity index (χ2v) is 7.00. The van der Waals surface area contributed by atoms with Gasteiger partial charge in [0.15, 0.2) is 0 Å². The van der Waals surface area contributed by atoms with Crippen molar-refractivity contribution in [2.75, 3.05) is 6.54 Å². The second-order valence-electron chi connectivity index (χ2n) is 7.00. The highest BCUT2D eigenvalue weighted by Gasteiger charge is 2.58. The quantitative estimate of drug-likeness (QED) is 0.775. The Morgan fingerprint density at radius 2 is 2.11 bits per heavy atom. The molecule has 102 valence electrons. The highest BCUT2D eigenvalue weighted by atomic mass is 16.2. The van der Waals surface area contributed by atoms with E-state index in [-0.39, 0.29) is 11.7 Å². The SMILES string of the molecule is CC1CCC(C(C)C)C2(C1)NC(=O)C1CCCN12. The highest BCUT2D eigenvalue weighted by Crippen LogP contribution is 2.48. The Labute approximate surface area is 110 Å². The number of hydrogen-bond donors (Lipinski definition) is 1. The lowest BCUT2D eigenvalue weighted by Gasteiger charge is -2.50. The topological polar surface area (TPSA) is 32.3 Å². The summed E-state index contributed by atoms with van der Waals surface area (Å²) in [5.41, 5.74) is -0.00984. The molecule has 18 heavy (non-hydrogen) atoms. The van der Waals surface area contributed by atoms with Gasteiger partial charge in [-0.25, -0.2) is 0 Å². The summed E-state index contributed by atoms with van der Waals surface area (Å²) in [6.45, 7) is 8.09. The summed E-state index contributed by atoms with van der Waals surface area (Å²) in [6.07, 6.45) is 5.99. The molecule has 1 spiro atoms. The number of carbonyl (C=O) groups excluding carboxylic acids is 1. The maximum atomic E-state index is 12.3. The van der Waals surface area contributed by atoms with Crippen molar-refractivity contribution >= 4 is 5.91 Å². The zero-order valence-electron chi connectivity index (χ0n) is 11.9. The molecule has 2 saturated heterocycles. The van der Waals surface area contributed by atoms with Crippen molar-refractivity contribution in [2.45, 2.75) is 64.6 Å². The Morgan fingerprint density at radius 1 is 1.33 bits per heavy atom. The van der Waals surface area contributed by atoms with E-state index in [9.17, 15) is 4.79 Å². The van der Waals surface area contributed by atoms with Gasteiger partial charge in [0.1, 0.15) is 0 Å². The van der Waals surface area contributed by atoms with Crippen LogP contribution < -0.4 is 5.32 Å². The van der Waals surface area contributed by atoms with Gasteiger partial charge in [0.05, 0.1) is 11.7 Å². The minimum Gasteiger partial charge on any atom is -0.336 e. The molecular formula is C15H26N2O. The number of amides is 1. The first-order valence-corrected chi connectivity index (χ1v) is 7.63. The van der Waals surface area contributed by atoms with E-state index < -0.39 is 0 Å². The molecule has 3 fully saturated rings. The maximum absolute atomic E-state index is 12.3. The molecule has 0 aromatic carbocycles. The van der Waals surface area contributed by atoms with Crippen molar-refractivity contribution in [1.29, 1.82) is 0 Å². The van der Waals surface area contributed by atoms with Crippen LogP contribution in [0.25, 0.3) is 0 Å². The van der Waals surface area contributed by atoms with Crippen LogP contribution in [0, 0.1) is 17.8 Å². The van der Waals surface area contributed by atoms with Crippen molar-refractivity contribution in [3.05, 3.63) is 0 Å². The van der Waals surface area contributed by atoms with Gasteiger partial charge in [-0.1, -0.05) is 27.2 Å². The van der Waals surface area contributed by atoms with Crippen LogP contribution in [0.4, 0.5) is 0 Å². The van der Waals surface area contributed by atoms with Gasteiger partial charge in [0.25, 0.3) is 0 Å². The Morgan fingerprint density at radius 3 is 2.83 bits per heavy atom. The predicted molar refractivity (Wildman–Crippen MR) is 71.9 cm³/mol. The average molecular weight is 250 g/mol. The molecular weight excluding hydrogens is 224 g/mol. The monoisotopic (exact) mass is 250 g/mol. The second kappa shape index (κ2) is 4.22. The first-order valence-electron chi connectivity index (χ1n) is 7.63.